The molecule has 9 nitrogen and oxygen atoms in total. The number of nitrogens with one attached hydrogen (secondary N) is 2. The van der Waals surface area contributed by atoms with Crippen molar-refractivity contribution < 1.29 is 28.6 Å². The first-order valence-corrected chi connectivity index (χ1v) is 10.6. The highest BCUT2D eigenvalue weighted by Crippen LogP contribution is 2.28. The van der Waals surface area contributed by atoms with Gasteiger partial charge in [-0.25, -0.2) is 10.2 Å². The molecule has 0 aliphatic heterocycles. The van der Waals surface area contributed by atoms with Crippen LogP contribution in [-0.4, -0.2) is 37.7 Å². The Morgan fingerprint density at radius 3 is 2.26 bits per heavy atom. The summed E-state index contributed by atoms with van der Waals surface area (Å²) in [6, 6.07) is 17.7. The van der Waals surface area contributed by atoms with Crippen molar-refractivity contribution in [3.63, 3.8) is 0 Å². The summed E-state index contributed by atoms with van der Waals surface area (Å²) in [5, 5.41) is 6.93. The zero-order valence-electron chi connectivity index (χ0n) is 19.1. The third-order valence-corrected chi connectivity index (χ3v) is 5.00. The number of hydrogen-bond acceptors (Lipinski definition) is 7. The molecule has 180 valence electrons. The van der Waals surface area contributed by atoms with Crippen LogP contribution in [0, 0.1) is 0 Å². The maximum atomic E-state index is 12.5. The number of hydrazone groups is 1. The second-order valence-electron chi connectivity index (χ2n) is 7.05. The SMILES string of the molecule is COc1ccc(OC)c(NC(=O)C(=O)NN=C(C)c2ccccc2OC(=O)c2ccc(Cl)cc2)c1. The minimum atomic E-state index is -1.01. The fraction of sp³-hybridized carbons (Fsp3) is 0.120. The van der Waals surface area contributed by atoms with E-state index in [9.17, 15) is 14.4 Å². The van der Waals surface area contributed by atoms with Crippen molar-refractivity contribution in [2.45, 2.75) is 6.92 Å². The van der Waals surface area contributed by atoms with Crippen molar-refractivity contribution >= 4 is 40.8 Å². The predicted octanol–water partition coefficient (Wildman–Crippen LogP) is 4.06. The molecule has 0 atom stereocenters. The predicted molar refractivity (Wildman–Crippen MR) is 131 cm³/mol. The number of ether oxygens (including phenoxy) is 3. The third kappa shape index (κ3) is 6.58. The Kier molecular flexibility index (Phi) is 8.42. The summed E-state index contributed by atoms with van der Waals surface area (Å²) < 4.78 is 15.8. The number of amides is 2. The van der Waals surface area contributed by atoms with E-state index in [2.05, 4.69) is 15.8 Å². The van der Waals surface area contributed by atoms with Crippen LogP contribution in [0.1, 0.15) is 22.8 Å². The number of hydrogen-bond donors (Lipinski definition) is 2. The van der Waals surface area contributed by atoms with Crippen LogP contribution in [0.3, 0.4) is 0 Å². The zero-order chi connectivity index (χ0) is 25.4. The van der Waals surface area contributed by atoms with E-state index in [0.29, 0.717) is 33.4 Å². The van der Waals surface area contributed by atoms with Gasteiger partial charge in [0.05, 0.1) is 31.2 Å². The van der Waals surface area contributed by atoms with Gasteiger partial charge in [-0.05, 0) is 55.5 Å². The van der Waals surface area contributed by atoms with Crippen molar-refractivity contribution in [1.29, 1.82) is 0 Å². The van der Waals surface area contributed by atoms with E-state index in [1.54, 1.807) is 67.6 Å². The lowest BCUT2D eigenvalue weighted by Gasteiger charge is -2.12. The molecule has 0 aliphatic rings. The zero-order valence-corrected chi connectivity index (χ0v) is 19.9. The lowest BCUT2D eigenvalue weighted by molar-refractivity contribution is -0.136. The molecule has 0 spiro atoms. The number of benzene rings is 3. The van der Waals surface area contributed by atoms with Gasteiger partial charge in [-0.2, -0.15) is 5.10 Å². The molecule has 2 amide bonds. The monoisotopic (exact) mass is 495 g/mol. The van der Waals surface area contributed by atoms with Crippen LogP contribution in [0.15, 0.2) is 71.8 Å². The van der Waals surface area contributed by atoms with Crippen LogP contribution < -0.4 is 25.0 Å². The quantitative estimate of drug-likeness (QED) is 0.168. The van der Waals surface area contributed by atoms with Crippen molar-refractivity contribution in [2.24, 2.45) is 5.10 Å². The van der Waals surface area contributed by atoms with Crippen molar-refractivity contribution in [3.05, 3.63) is 82.9 Å². The van der Waals surface area contributed by atoms with E-state index in [0.717, 1.165) is 0 Å². The summed E-state index contributed by atoms with van der Waals surface area (Å²) in [5.74, 6) is -1.50. The van der Waals surface area contributed by atoms with Crippen molar-refractivity contribution in [3.8, 4) is 17.2 Å². The molecule has 0 bridgehead atoms. The first kappa shape index (κ1) is 25.3. The number of nitrogens with zero attached hydrogens (tertiary/aromatic N) is 1. The van der Waals surface area contributed by atoms with Gasteiger partial charge in [-0.3, -0.25) is 9.59 Å². The fourth-order valence-corrected chi connectivity index (χ4v) is 3.06. The number of anilines is 1. The lowest BCUT2D eigenvalue weighted by atomic mass is 10.1. The summed E-state index contributed by atoms with van der Waals surface area (Å²) in [7, 11) is 2.91. The van der Waals surface area contributed by atoms with E-state index >= 15 is 0 Å². The highest BCUT2D eigenvalue weighted by atomic mass is 35.5. The maximum Gasteiger partial charge on any atom is 0.343 e. The van der Waals surface area contributed by atoms with Gasteiger partial charge in [-0.15, -0.1) is 0 Å². The van der Waals surface area contributed by atoms with Crippen LogP contribution in [0.5, 0.6) is 17.2 Å². The Morgan fingerprint density at radius 1 is 0.857 bits per heavy atom. The molecule has 10 heteroatoms. The highest BCUT2D eigenvalue weighted by molar-refractivity contribution is 6.39. The first-order chi connectivity index (χ1) is 16.8. The van der Waals surface area contributed by atoms with Crippen LogP contribution in [0.4, 0.5) is 5.69 Å². The molecule has 3 aromatic rings. The number of para-hydroxylation sites is 1. The van der Waals surface area contributed by atoms with Gasteiger partial charge in [0, 0.05) is 16.7 Å². The van der Waals surface area contributed by atoms with Crippen LogP contribution in [0.25, 0.3) is 0 Å². The molecule has 0 saturated carbocycles. The Hall–Kier alpha value is -4.37. The van der Waals surface area contributed by atoms with Crippen LogP contribution in [-0.2, 0) is 9.59 Å². The molecule has 2 N–H and O–H groups in total. The summed E-state index contributed by atoms with van der Waals surface area (Å²) >= 11 is 5.86. The summed E-state index contributed by atoms with van der Waals surface area (Å²) in [4.78, 5) is 37.1. The molecule has 0 radical (unpaired) electrons. The summed E-state index contributed by atoms with van der Waals surface area (Å²) in [5.41, 5.74) is 3.53. The van der Waals surface area contributed by atoms with Gasteiger partial charge in [0.15, 0.2) is 0 Å². The van der Waals surface area contributed by atoms with Gasteiger partial charge in [0.1, 0.15) is 17.2 Å². The van der Waals surface area contributed by atoms with Crippen molar-refractivity contribution in [1.82, 2.24) is 5.43 Å². The van der Waals surface area contributed by atoms with Crippen LogP contribution >= 0.6 is 11.6 Å². The van der Waals surface area contributed by atoms with E-state index in [-0.39, 0.29) is 11.4 Å². The minimum Gasteiger partial charge on any atom is -0.497 e. The maximum absolute atomic E-state index is 12.5. The molecular formula is C25H22ClN3O6. The van der Waals surface area contributed by atoms with E-state index < -0.39 is 17.8 Å². The van der Waals surface area contributed by atoms with E-state index in [1.165, 1.54) is 20.3 Å². The topological polar surface area (TPSA) is 115 Å². The molecule has 0 unspecified atom stereocenters. The largest absolute Gasteiger partial charge is 0.497 e. The number of esters is 1. The summed E-state index contributed by atoms with van der Waals surface area (Å²) in [6.45, 7) is 1.60. The van der Waals surface area contributed by atoms with Gasteiger partial charge in [0.25, 0.3) is 0 Å². The molecule has 0 fully saturated rings. The average molecular weight is 496 g/mol. The molecule has 0 saturated heterocycles. The van der Waals surface area contributed by atoms with Gasteiger partial charge in [0.2, 0.25) is 0 Å². The fourth-order valence-electron chi connectivity index (χ4n) is 2.94. The normalized spacial score (nSPS) is 10.8. The smallest absolute Gasteiger partial charge is 0.343 e. The lowest BCUT2D eigenvalue weighted by Crippen LogP contribution is -2.33. The Bertz CT molecular complexity index is 1270. The number of carbonyl (C=O) groups is 3. The Balaban J connectivity index is 1.70. The molecule has 3 aromatic carbocycles. The highest BCUT2D eigenvalue weighted by Gasteiger charge is 2.17. The van der Waals surface area contributed by atoms with Crippen molar-refractivity contribution in [2.75, 3.05) is 19.5 Å². The standard InChI is InChI=1S/C25H22ClN3O6/c1-15(19-6-4-5-7-21(19)35-25(32)16-8-10-17(26)11-9-16)28-29-24(31)23(30)27-20-14-18(33-2)12-13-22(20)34-3/h4-14H,1-3H3,(H,27,30)(H,29,31). The minimum absolute atomic E-state index is 0.230. The molecule has 35 heavy (non-hydrogen) atoms. The molecule has 0 heterocycles. The molecule has 0 aromatic heterocycles. The van der Waals surface area contributed by atoms with E-state index in [1.807, 2.05) is 0 Å². The van der Waals surface area contributed by atoms with Gasteiger partial charge < -0.3 is 19.5 Å². The Morgan fingerprint density at radius 2 is 1.57 bits per heavy atom. The Labute approximate surface area is 206 Å². The van der Waals surface area contributed by atoms with Gasteiger partial charge >= 0.3 is 17.8 Å². The number of rotatable bonds is 7. The molecular weight excluding hydrogens is 474 g/mol. The summed E-state index contributed by atoms with van der Waals surface area (Å²) in [6.07, 6.45) is 0. The molecule has 3 rings (SSSR count). The number of methoxy groups -OCH3 is 2. The van der Waals surface area contributed by atoms with E-state index in [4.69, 9.17) is 25.8 Å². The second-order valence-corrected chi connectivity index (χ2v) is 7.49. The first-order valence-electron chi connectivity index (χ1n) is 10.3. The molecule has 0 aliphatic carbocycles. The third-order valence-electron chi connectivity index (χ3n) is 4.75. The number of carbonyl (C=O) groups excluding carboxylic acids is 3. The van der Waals surface area contributed by atoms with Crippen LogP contribution in [0.2, 0.25) is 5.02 Å². The number of halogens is 1. The second kappa shape index (κ2) is 11.7. The van der Waals surface area contributed by atoms with Gasteiger partial charge in [-0.1, -0.05) is 23.7 Å². The average Bonchev–Trinajstić information content (AvgIpc) is 2.87.